The molecule has 1 N–H and O–H groups in total. The normalized spacial score (nSPS) is 12.3. The maximum atomic E-state index is 12.3. The van der Waals surface area contributed by atoms with Crippen LogP contribution in [0.25, 0.3) is 0 Å². The van der Waals surface area contributed by atoms with Crippen molar-refractivity contribution in [1.29, 1.82) is 0 Å². The lowest BCUT2D eigenvalue weighted by atomic mass is 10.2. The summed E-state index contributed by atoms with van der Waals surface area (Å²) in [7, 11) is 0. The van der Waals surface area contributed by atoms with Gasteiger partial charge in [-0.15, -0.1) is 0 Å². The van der Waals surface area contributed by atoms with Gasteiger partial charge >= 0.3 is 0 Å². The number of hydrogen-bond donors (Lipinski definition) is 1. The van der Waals surface area contributed by atoms with Crippen LogP contribution in [0.3, 0.4) is 0 Å². The molecule has 0 bridgehead atoms. The number of halogens is 3. The molecule has 2 aromatic rings. The molecule has 1 aromatic heterocycles. The van der Waals surface area contributed by atoms with E-state index in [9.17, 15) is 4.79 Å². The van der Waals surface area contributed by atoms with Gasteiger partial charge in [-0.1, -0.05) is 23.2 Å². The summed E-state index contributed by atoms with van der Waals surface area (Å²) in [5, 5.41) is 3.12. The molecule has 0 saturated heterocycles. The number of pyridine rings is 1. The predicted octanol–water partition coefficient (Wildman–Crippen LogP) is 4.13. The second-order valence-electron chi connectivity index (χ2n) is 4.13. The first-order valence-corrected chi connectivity index (χ1v) is 7.31. The first-order valence-electron chi connectivity index (χ1n) is 5.76. The Balaban J connectivity index is 1.90. The third-order valence-corrected chi connectivity index (χ3v) is 3.81. The van der Waals surface area contributed by atoms with Gasteiger partial charge in [0.25, 0.3) is 5.91 Å². The number of anilines is 1. The Labute approximate surface area is 138 Å². The summed E-state index contributed by atoms with van der Waals surface area (Å²) in [5.74, 6) is 0.642. The van der Waals surface area contributed by atoms with Gasteiger partial charge in [-0.3, -0.25) is 4.79 Å². The van der Waals surface area contributed by atoms with E-state index in [1.807, 2.05) is 0 Å². The number of amides is 1. The highest BCUT2D eigenvalue weighted by Crippen LogP contribution is 2.39. The second-order valence-corrected chi connectivity index (χ2v) is 5.81. The van der Waals surface area contributed by atoms with Crippen LogP contribution in [0.5, 0.6) is 11.5 Å². The fraction of sp³-hybridized carbons (Fsp3) is 0.0769. The van der Waals surface area contributed by atoms with Crippen LogP contribution in [0.2, 0.25) is 10.2 Å². The van der Waals surface area contributed by atoms with E-state index in [1.54, 1.807) is 18.2 Å². The topological polar surface area (TPSA) is 60.5 Å². The molecule has 1 amide bonds. The summed E-state index contributed by atoms with van der Waals surface area (Å²) in [6, 6.07) is 4.76. The zero-order valence-electron chi connectivity index (χ0n) is 10.3. The highest BCUT2D eigenvalue weighted by molar-refractivity contribution is 9.10. The van der Waals surface area contributed by atoms with Gasteiger partial charge in [0.2, 0.25) is 6.79 Å². The van der Waals surface area contributed by atoms with Crippen molar-refractivity contribution in [1.82, 2.24) is 4.98 Å². The fourth-order valence-corrected chi connectivity index (χ4v) is 2.51. The Morgan fingerprint density at radius 2 is 1.95 bits per heavy atom. The van der Waals surface area contributed by atoms with Gasteiger partial charge in [0.05, 0.1) is 16.3 Å². The van der Waals surface area contributed by atoms with Crippen molar-refractivity contribution < 1.29 is 14.3 Å². The number of hydrogen-bond acceptors (Lipinski definition) is 4. The van der Waals surface area contributed by atoms with E-state index in [1.165, 1.54) is 6.20 Å². The van der Waals surface area contributed by atoms with E-state index < -0.39 is 5.91 Å². The van der Waals surface area contributed by atoms with Gasteiger partial charge in [0.1, 0.15) is 5.15 Å². The smallest absolute Gasteiger partial charge is 0.258 e. The lowest BCUT2D eigenvalue weighted by Crippen LogP contribution is -2.13. The van der Waals surface area contributed by atoms with Crippen LogP contribution >= 0.6 is 39.1 Å². The average molecular weight is 390 g/mol. The van der Waals surface area contributed by atoms with Gasteiger partial charge in [0, 0.05) is 22.8 Å². The fourth-order valence-electron chi connectivity index (χ4n) is 1.78. The first kappa shape index (κ1) is 14.4. The average Bonchev–Trinajstić information content (AvgIpc) is 2.88. The Hall–Kier alpha value is -1.50. The number of nitrogens with one attached hydrogen (secondary N) is 1. The Kier molecular flexibility index (Phi) is 3.93. The third-order valence-electron chi connectivity index (χ3n) is 2.76. The molecule has 0 atom stereocenters. The summed E-state index contributed by atoms with van der Waals surface area (Å²) in [6.07, 6.45) is 1.51. The van der Waals surface area contributed by atoms with Crippen molar-refractivity contribution in [2.24, 2.45) is 0 Å². The van der Waals surface area contributed by atoms with E-state index in [0.29, 0.717) is 26.7 Å². The van der Waals surface area contributed by atoms with Gasteiger partial charge in [-0.2, -0.15) is 0 Å². The highest BCUT2D eigenvalue weighted by atomic mass is 79.9. The molecular formula is C13H7BrCl2N2O3. The molecule has 0 saturated carbocycles. The molecule has 1 aromatic carbocycles. The highest BCUT2D eigenvalue weighted by Gasteiger charge is 2.19. The van der Waals surface area contributed by atoms with Crippen LogP contribution in [0, 0.1) is 0 Å². The van der Waals surface area contributed by atoms with Crippen molar-refractivity contribution >= 4 is 50.7 Å². The number of carbonyl (C=O) groups is 1. The van der Waals surface area contributed by atoms with E-state index in [-0.39, 0.29) is 17.5 Å². The molecule has 1 aliphatic rings. The molecule has 2 heterocycles. The minimum absolute atomic E-state index is 0.104. The Bertz CT molecular complexity index is 740. The van der Waals surface area contributed by atoms with E-state index in [4.69, 9.17) is 32.7 Å². The van der Waals surface area contributed by atoms with Crippen molar-refractivity contribution in [3.05, 3.63) is 44.6 Å². The lowest BCUT2D eigenvalue weighted by Gasteiger charge is -2.09. The van der Waals surface area contributed by atoms with Crippen LogP contribution in [-0.4, -0.2) is 17.7 Å². The van der Waals surface area contributed by atoms with Gasteiger partial charge < -0.3 is 14.8 Å². The van der Waals surface area contributed by atoms with Crippen LogP contribution < -0.4 is 14.8 Å². The summed E-state index contributed by atoms with van der Waals surface area (Å²) < 4.78 is 11.1. The number of nitrogens with zero attached hydrogens (tertiary/aromatic N) is 1. The second kappa shape index (κ2) is 5.71. The predicted molar refractivity (Wildman–Crippen MR) is 82.5 cm³/mol. The SMILES string of the molecule is O=C(Nc1cc2c(cc1Cl)OCO2)c1cc(Br)cnc1Cl. The van der Waals surface area contributed by atoms with Crippen molar-refractivity contribution in [3.8, 4) is 11.5 Å². The third kappa shape index (κ3) is 2.92. The molecule has 108 valence electrons. The standard InChI is InChI=1S/C13H7BrCl2N2O3/c14-6-1-7(12(16)17-4-6)13(19)18-9-3-11-10(2-8(9)15)20-5-21-11/h1-4H,5H2,(H,18,19). The van der Waals surface area contributed by atoms with Crippen LogP contribution in [0.4, 0.5) is 5.69 Å². The number of benzene rings is 1. The first-order chi connectivity index (χ1) is 10.0. The quantitative estimate of drug-likeness (QED) is 0.784. The number of aromatic nitrogens is 1. The van der Waals surface area contributed by atoms with Gasteiger partial charge in [-0.05, 0) is 22.0 Å². The summed E-state index contributed by atoms with van der Waals surface area (Å²) in [6.45, 7) is 0.129. The number of fused-ring (bicyclic) bond motifs is 1. The maximum Gasteiger partial charge on any atom is 0.258 e. The molecule has 0 aliphatic carbocycles. The van der Waals surface area contributed by atoms with Crippen LogP contribution in [0.1, 0.15) is 10.4 Å². The summed E-state index contributed by atoms with van der Waals surface area (Å²) in [5.41, 5.74) is 0.640. The van der Waals surface area contributed by atoms with E-state index >= 15 is 0 Å². The molecule has 21 heavy (non-hydrogen) atoms. The van der Waals surface area contributed by atoms with Gasteiger partial charge in [-0.25, -0.2) is 4.98 Å². The zero-order chi connectivity index (χ0) is 15.0. The molecular weight excluding hydrogens is 383 g/mol. The molecule has 0 unspecified atom stereocenters. The van der Waals surface area contributed by atoms with E-state index in [2.05, 4.69) is 26.2 Å². The maximum absolute atomic E-state index is 12.3. The number of rotatable bonds is 2. The molecule has 5 nitrogen and oxygen atoms in total. The largest absolute Gasteiger partial charge is 0.454 e. The Morgan fingerprint density at radius 3 is 2.71 bits per heavy atom. The minimum atomic E-state index is -0.422. The molecule has 0 fully saturated rings. The zero-order valence-corrected chi connectivity index (χ0v) is 13.4. The molecule has 8 heteroatoms. The Morgan fingerprint density at radius 1 is 1.24 bits per heavy atom. The van der Waals surface area contributed by atoms with Crippen molar-refractivity contribution in [3.63, 3.8) is 0 Å². The van der Waals surface area contributed by atoms with Crippen molar-refractivity contribution in [2.75, 3.05) is 12.1 Å². The van der Waals surface area contributed by atoms with E-state index in [0.717, 1.165) is 0 Å². The van der Waals surface area contributed by atoms with Crippen LogP contribution in [-0.2, 0) is 0 Å². The lowest BCUT2D eigenvalue weighted by molar-refractivity contribution is 0.102. The summed E-state index contributed by atoms with van der Waals surface area (Å²) in [4.78, 5) is 16.2. The molecule has 3 rings (SSSR count). The van der Waals surface area contributed by atoms with Gasteiger partial charge in [0.15, 0.2) is 11.5 Å². The van der Waals surface area contributed by atoms with Crippen LogP contribution in [0.15, 0.2) is 28.9 Å². The molecule has 0 spiro atoms. The number of carbonyl (C=O) groups excluding carboxylic acids is 1. The summed E-state index contributed by atoms with van der Waals surface area (Å²) >= 11 is 15.3. The monoisotopic (exact) mass is 388 g/mol. The minimum Gasteiger partial charge on any atom is -0.454 e. The molecule has 0 radical (unpaired) electrons. The molecule has 1 aliphatic heterocycles. The number of ether oxygens (including phenoxy) is 2. The van der Waals surface area contributed by atoms with Crippen molar-refractivity contribution in [2.45, 2.75) is 0 Å².